The Morgan fingerprint density at radius 2 is 1.95 bits per heavy atom. The minimum absolute atomic E-state index is 0.0480. The molecule has 7 heteroatoms. The highest BCUT2D eigenvalue weighted by molar-refractivity contribution is 9.10. The number of nitrogens with one attached hydrogen (secondary N) is 1. The van der Waals surface area contributed by atoms with Crippen molar-refractivity contribution in [2.75, 3.05) is 44.2 Å². The van der Waals surface area contributed by atoms with Crippen molar-refractivity contribution in [1.29, 1.82) is 0 Å². The normalized spacial score (nSPS) is 20.9. The molecule has 1 aromatic rings. The highest BCUT2D eigenvalue weighted by Crippen LogP contribution is 2.24. The van der Waals surface area contributed by atoms with Crippen LogP contribution in [0.3, 0.4) is 0 Å². The van der Waals surface area contributed by atoms with Gasteiger partial charge in [-0.1, -0.05) is 0 Å². The summed E-state index contributed by atoms with van der Waals surface area (Å²) in [6, 6.07) is 0.772. The van der Waals surface area contributed by atoms with Crippen LogP contribution in [-0.2, 0) is 0 Å². The standard InChI is InChI=1S/C14H22BrN5O/c1-10(2)20-14(21)13(15)12(9-17-20)19-5-3-18(4-6-19)11-7-16-8-11/h9-11,16H,3-8H2,1-2H3. The average molecular weight is 356 g/mol. The number of anilines is 1. The maximum atomic E-state index is 12.3. The van der Waals surface area contributed by atoms with Crippen LogP contribution in [0.2, 0.25) is 0 Å². The van der Waals surface area contributed by atoms with E-state index in [2.05, 4.69) is 36.1 Å². The molecule has 0 atom stereocenters. The van der Waals surface area contributed by atoms with Gasteiger partial charge in [-0.15, -0.1) is 0 Å². The topological polar surface area (TPSA) is 53.4 Å². The van der Waals surface area contributed by atoms with E-state index < -0.39 is 0 Å². The third-order valence-corrected chi connectivity index (χ3v) is 5.09. The smallest absolute Gasteiger partial charge is 0.283 e. The summed E-state index contributed by atoms with van der Waals surface area (Å²) in [5.74, 6) is 0. The lowest BCUT2D eigenvalue weighted by molar-refractivity contribution is 0.138. The summed E-state index contributed by atoms with van der Waals surface area (Å²) in [6.07, 6.45) is 1.81. The molecule has 0 aliphatic carbocycles. The van der Waals surface area contributed by atoms with Crippen molar-refractivity contribution >= 4 is 21.6 Å². The molecule has 21 heavy (non-hydrogen) atoms. The van der Waals surface area contributed by atoms with Gasteiger partial charge in [0.25, 0.3) is 5.56 Å². The Labute approximate surface area is 133 Å². The first-order valence-electron chi connectivity index (χ1n) is 7.55. The van der Waals surface area contributed by atoms with Crippen LogP contribution in [0.5, 0.6) is 0 Å². The second-order valence-corrected chi connectivity index (χ2v) is 6.82. The lowest BCUT2D eigenvalue weighted by atomic mass is 10.1. The lowest BCUT2D eigenvalue weighted by Crippen LogP contribution is -2.61. The first kappa shape index (κ1) is 15.0. The van der Waals surface area contributed by atoms with Crippen LogP contribution in [0.15, 0.2) is 15.5 Å². The van der Waals surface area contributed by atoms with Gasteiger partial charge in [-0.25, -0.2) is 4.68 Å². The summed E-state index contributed by atoms with van der Waals surface area (Å²) in [5, 5.41) is 7.62. The molecule has 3 rings (SSSR count). The van der Waals surface area contributed by atoms with E-state index >= 15 is 0 Å². The summed E-state index contributed by atoms with van der Waals surface area (Å²) < 4.78 is 2.15. The molecule has 0 bridgehead atoms. The Bertz CT molecular complexity index is 561. The number of hydrogen-bond donors (Lipinski definition) is 1. The summed E-state index contributed by atoms with van der Waals surface area (Å²) in [7, 11) is 0. The quantitative estimate of drug-likeness (QED) is 0.863. The lowest BCUT2D eigenvalue weighted by Gasteiger charge is -2.43. The molecule has 2 aliphatic rings. The van der Waals surface area contributed by atoms with Crippen molar-refractivity contribution in [1.82, 2.24) is 20.0 Å². The zero-order chi connectivity index (χ0) is 15.0. The predicted octanol–water partition coefficient (Wildman–Crippen LogP) is 0.680. The summed E-state index contributed by atoms with van der Waals surface area (Å²) >= 11 is 3.47. The molecule has 6 nitrogen and oxygen atoms in total. The van der Waals surface area contributed by atoms with Crippen LogP contribution < -0.4 is 15.8 Å². The Kier molecular flexibility index (Phi) is 4.33. The second-order valence-electron chi connectivity index (χ2n) is 6.02. The molecule has 0 radical (unpaired) electrons. The van der Waals surface area contributed by atoms with Crippen LogP contribution in [0.25, 0.3) is 0 Å². The number of halogens is 1. The van der Waals surface area contributed by atoms with Gasteiger partial charge in [-0.3, -0.25) is 9.69 Å². The van der Waals surface area contributed by atoms with Gasteiger partial charge in [0, 0.05) is 45.3 Å². The fourth-order valence-corrected chi connectivity index (χ4v) is 3.42. The van der Waals surface area contributed by atoms with Crippen LogP contribution in [-0.4, -0.2) is 60.0 Å². The highest BCUT2D eigenvalue weighted by atomic mass is 79.9. The number of rotatable bonds is 3. The Morgan fingerprint density at radius 3 is 2.48 bits per heavy atom. The Hall–Kier alpha value is -0.920. The molecule has 0 amide bonds. The predicted molar refractivity (Wildman–Crippen MR) is 87.0 cm³/mol. The van der Waals surface area contributed by atoms with Gasteiger partial charge in [0.2, 0.25) is 0 Å². The van der Waals surface area contributed by atoms with Gasteiger partial charge in [0.05, 0.1) is 17.9 Å². The second kappa shape index (κ2) is 6.06. The molecule has 0 aromatic carbocycles. The molecule has 0 unspecified atom stereocenters. The monoisotopic (exact) mass is 355 g/mol. The fraction of sp³-hybridized carbons (Fsp3) is 0.714. The van der Waals surface area contributed by atoms with E-state index in [1.807, 2.05) is 20.0 Å². The van der Waals surface area contributed by atoms with Crippen molar-refractivity contribution < 1.29 is 0 Å². The van der Waals surface area contributed by atoms with Crippen LogP contribution in [0, 0.1) is 0 Å². The van der Waals surface area contributed by atoms with E-state index in [1.54, 1.807) is 0 Å². The minimum Gasteiger partial charge on any atom is -0.367 e. The molecule has 0 spiro atoms. The fourth-order valence-electron chi connectivity index (χ4n) is 2.88. The van der Waals surface area contributed by atoms with Crippen molar-refractivity contribution in [3.8, 4) is 0 Å². The van der Waals surface area contributed by atoms with E-state index in [-0.39, 0.29) is 11.6 Å². The first-order chi connectivity index (χ1) is 10.1. The summed E-state index contributed by atoms with van der Waals surface area (Å²) in [5.41, 5.74) is 0.872. The molecule has 3 heterocycles. The number of nitrogens with zero attached hydrogens (tertiary/aromatic N) is 4. The Morgan fingerprint density at radius 1 is 1.29 bits per heavy atom. The number of hydrogen-bond acceptors (Lipinski definition) is 5. The van der Waals surface area contributed by atoms with Crippen molar-refractivity contribution in [3.05, 3.63) is 21.0 Å². The molecule has 1 N–H and O–H groups in total. The summed E-state index contributed by atoms with van der Waals surface area (Å²) in [6.45, 7) is 10.1. The van der Waals surface area contributed by atoms with E-state index in [0.717, 1.165) is 45.0 Å². The molecule has 0 saturated carbocycles. The first-order valence-corrected chi connectivity index (χ1v) is 8.34. The Balaban J connectivity index is 1.73. The molecule has 2 saturated heterocycles. The van der Waals surface area contributed by atoms with Gasteiger partial charge in [0.15, 0.2) is 0 Å². The van der Waals surface area contributed by atoms with Gasteiger partial charge in [0.1, 0.15) is 4.47 Å². The maximum absolute atomic E-state index is 12.3. The van der Waals surface area contributed by atoms with Gasteiger partial charge in [-0.05, 0) is 29.8 Å². The van der Waals surface area contributed by atoms with Gasteiger partial charge < -0.3 is 10.2 Å². The maximum Gasteiger partial charge on any atom is 0.283 e. The van der Waals surface area contributed by atoms with Gasteiger partial charge in [-0.2, -0.15) is 5.10 Å². The van der Waals surface area contributed by atoms with E-state index in [4.69, 9.17) is 0 Å². The van der Waals surface area contributed by atoms with Crippen LogP contribution in [0.4, 0.5) is 5.69 Å². The number of aromatic nitrogens is 2. The van der Waals surface area contributed by atoms with E-state index in [1.165, 1.54) is 4.68 Å². The minimum atomic E-state index is -0.0480. The molecule has 1 aromatic heterocycles. The zero-order valence-electron chi connectivity index (χ0n) is 12.5. The molecule has 116 valence electrons. The SMILES string of the molecule is CC(C)n1ncc(N2CCN(C3CNC3)CC2)c(Br)c1=O. The zero-order valence-corrected chi connectivity index (χ0v) is 14.1. The van der Waals surface area contributed by atoms with Crippen LogP contribution in [0.1, 0.15) is 19.9 Å². The summed E-state index contributed by atoms with van der Waals surface area (Å²) in [4.78, 5) is 17.1. The third kappa shape index (κ3) is 2.86. The third-order valence-electron chi connectivity index (χ3n) is 4.35. The van der Waals surface area contributed by atoms with Crippen LogP contribution >= 0.6 is 15.9 Å². The molecular formula is C14H22BrN5O. The average Bonchev–Trinajstić information content (AvgIpc) is 2.40. The molecule has 2 fully saturated rings. The van der Waals surface area contributed by atoms with Crippen molar-refractivity contribution in [2.24, 2.45) is 0 Å². The van der Waals surface area contributed by atoms with Crippen molar-refractivity contribution in [3.63, 3.8) is 0 Å². The molecule has 2 aliphatic heterocycles. The number of piperazine rings is 1. The van der Waals surface area contributed by atoms with E-state index in [0.29, 0.717) is 10.5 Å². The largest absolute Gasteiger partial charge is 0.367 e. The highest BCUT2D eigenvalue weighted by Gasteiger charge is 2.28. The molecular weight excluding hydrogens is 334 g/mol. The van der Waals surface area contributed by atoms with E-state index in [9.17, 15) is 4.79 Å². The van der Waals surface area contributed by atoms with Crippen molar-refractivity contribution in [2.45, 2.75) is 25.9 Å². The van der Waals surface area contributed by atoms with Gasteiger partial charge >= 0.3 is 0 Å².